The average molecular weight is 155 g/mol. The monoisotopic (exact) mass is 155 g/mol. The SMILES string of the molecule is CC=CC(CN)CCC(C)C. The molecule has 0 aromatic heterocycles. The van der Waals surface area contributed by atoms with Crippen LogP contribution in [0.25, 0.3) is 0 Å². The molecule has 0 bridgehead atoms. The van der Waals surface area contributed by atoms with Gasteiger partial charge in [0.1, 0.15) is 0 Å². The van der Waals surface area contributed by atoms with Crippen molar-refractivity contribution in [3.8, 4) is 0 Å². The van der Waals surface area contributed by atoms with E-state index in [0.29, 0.717) is 5.92 Å². The minimum Gasteiger partial charge on any atom is -0.330 e. The standard InChI is InChI=1S/C10H21N/c1-4-5-10(8-11)7-6-9(2)3/h4-5,9-10H,6-8,11H2,1-3H3. The fraction of sp³-hybridized carbons (Fsp3) is 0.800. The van der Waals surface area contributed by atoms with Crippen molar-refractivity contribution in [2.24, 2.45) is 17.6 Å². The molecule has 0 radical (unpaired) electrons. The van der Waals surface area contributed by atoms with E-state index in [1.165, 1.54) is 12.8 Å². The van der Waals surface area contributed by atoms with Crippen molar-refractivity contribution in [2.45, 2.75) is 33.6 Å². The van der Waals surface area contributed by atoms with Crippen LogP contribution in [-0.4, -0.2) is 6.54 Å². The van der Waals surface area contributed by atoms with Crippen molar-refractivity contribution >= 4 is 0 Å². The first-order valence-corrected chi connectivity index (χ1v) is 4.53. The summed E-state index contributed by atoms with van der Waals surface area (Å²) in [7, 11) is 0. The predicted molar refractivity (Wildman–Crippen MR) is 51.4 cm³/mol. The molecular formula is C10H21N. The molecule has 1 nitrogen and oxygen atoms in total. The first kappa shape index (κ1) is 10.7. The smallest absolute Gasteiger partial charge is 0.00142 e. The minimum absolute atomic E-state index is 0.599. The van der Waals surface area contributed by atoms with Crippen molar-refractivity contribution < 1.29 is 0 Å². The van der Waals surface area contributed by atoms with Crippen molar-refractivity contribution in [2.75, 3.05) is 6.54 Å². The molecule has 0 saturated carbocycles. The van der Waals surface area contributed by atoms with E-state index in [1.54, 1.807) is 0 Å². The molecular weight excluding hydrogens is 134 g/mol. The van der Waals surface area contributed by atoms with Crippen molar-refractivity contribution in [1.82, 2.24) is 0 Å². The van der Waals surface area contributed by atoms with Crippen molar-refractivity contribution in [1.29, 1.82) is 0 Å². The Morgan fingerprint density at radius 2 is 1.91 bits per heavy atom. The molecule has 1 heteroatoms. The van der Waals surface area contributed by atoms with E-state index >= 15 is 0 Å². The summed E-state index contributed by atoms with van der Waals surface area (Å²) in [6.45, 7) is 7.35. The molecule has 1 unspecified atom stereocenters. The van der Waals surface area contributed by atoms with E-state index in [9.17, 15) is 0 Å². The summed E-state index contributed by atoms with van der Waals surface area (Å²) in [6.07, 6.45) is 6.82. The number of rotatable bonds is 5. The molecule has 0 fully saturated rings. The second-order valence-electron chi connectivity index (χ2n) is 3.49. The summed E-state index contributed by atoms with van der Waals surface area (Å²) in [6, 6.07) is 0. The molecule has 11 heavy (non-hydrogen) atoms. The highest BCUT2D eigenvalue weighted by molar-refractivity contribution is 4.86. The van der Waals surface area contributed by atoms with E-state index in [0.717, 1.165) is 12.5 Å². The Kier molecular flexibility index (Phi) is 6.24. The Hall–Kier alpha value is -0.300. The quantitative estimate of drug-likeness (QED) is 0.607. The fourth-order valence-electron chi connectivity index (χ4n) is 1.11. The fourth-order valence-corrected chi connectivity index (χ4v) is 1.11. The molecule has 0 aromatic carbocycles. The molecule has 0 saturated heterocycles. The third-order valence-corrected chi connectivity index (χ3v) is 1.88. The second kappa shape index (κ2) is 6.41. The van der Waals surface area contributed by atoms with Gasteiger partial charge in [-0.1, -0.05) is 32.4 Å². The highest BCUT2D eigenvalue weighted by Crippen LogP contribution is 2.12. The van der Waals surface area contributed by atoms with E-state index in [-0.39, 0.29) is 0 Å². The Balaban J connectivity index is 3.52. The molecule has 0 heterocycles. The molecule has 66 valence electrons. The predicted octanol–water partition coefficient (Wildman–Crippen LogP) is 2.57. The zero-order valence-electron chi connectivity index (χ0n) is 8.01. The molecule has 0 aliphatic rings. The van der Waals surface area contributed by atoms with Crippen LogP contribution in [0.2, 0.25) is 0 Å². The number of hydrogen-bond donors (Lipinski definition) is 1. The summed E-state index contributed by atoms with van der Waals surface area (Å²) in [5, 5.41) is 0. The maximum absolute atomic E-state index is 5.59. The second-order valence-corrected chi connectivity index (χ2v) is 3.49. The van der Waals surface area contributed by atoms with Gasteiger partial charge in [-0.2, -0.15) is 0 Å². The van der Waals surface area contributed by atoms with E-state index in [4.69, 9.17) is 5.73 Å². The Morgan fingerprint density at radius 3 is 2.27 bits per heavy atom. The summed E-state index contributed by atoms with van der Waals surface area (Å²) >= 11 is 0. The highest BCUT2D eigenvalue weighted by Gasteiger charge is 2.02. The summed E-state index contributed by atoms with van der Waals surface area (Å²) in [5.41, 5.74) is 5.59. The van der Waals surface area contributed by atoms with Gasteiger partial charge >= 0.3 is 0 Å². The van der Waals surface area contributed by atoms with Crippen LogP contribution in [-0.2, 0) is 0 Å². The highest BCUT2D eigenvalue weighted by atomic mass is 14.5. The van der Waals surface area contributed by atoms with Crippen LogP contribution >= 0.6 is 0 Å². The van der Waals surface area contributed by atoms with E-state index < -0.39 is 0 Å². The van der Waals surface area contributed by atoms with Crippen LogP contribution in [0.4, 0.5) is 0 Å². The molecule has 0 spiro atoms. The number of allylic oxidation sites excluding steroid dienone is 1. The minimum atomic E-state index is 0.599. The van der Waals surface area contributed by atoms with Gasteiger partial charge in [-0.15, -0.1) is 0 Å². The van der Waals surface area contributed by atoms with Crippen LogP contribution in [0.3, 0.4) is 0 Å². The van der Waals surface area contributed by atoms with Gasteiger partial charge in [-0.3, -0.25) is 0 Å². The lowest BCUT2D eigenvalue weighted by Crippen LogP contribution is -2.12. The number of nitrogens with two attached hydrogens (primary N) is 1. The van der Waals surface area contributed by atoms with Crippen molar-refractivity contribution in [3.63, 3.8) is 0 Å². The summed E-state index contributed by atoms with van der Waals surface area (Å²) < 4.78 is 0. The summed E-state index contributed by atoms with van der Waals surface area (Å²) in [4.78, 5) is 0. The van der Waals surface area contributed by atoms with Gasteiger partial charge in [-0.25, -0.2) is 0 Å². The molecule has 0 amide bonds. The number of hydrogen-bond acceptors (Lipinski definition) is 1. The summed E-state index contributed by atoms with van der Waals surface area (Å²) in [5.74, 6) is 1.40. The van der Waals surface area contributed by atoms with Crippen LogP contribution < -0.4 is 5.73 Å². The van der Waals surface area contributed by atoms with E-state index in [2.05, 4.69) is 32.9 Å². The largest absolute Gasteiger partial charge is 0.330 e. The van der Waals surface area contributed by atoms with Gasteiger partial charge in [0.05, 0.1) is 0 Å². The molecule has 0 rings (SSSR count). The lowest BCUT2D eigenvalue weighted by molar-refractivity contribution is 0.486. The van der Waals surface area contributed by atoms with Gasteiger partial charge in [-0.05, 0) is 31.7 Å². The van der Waals surface area contributed by atoms with Crippen LogP contribution in [0, 0.1) is 11.8 Å². The lowest BCUT2D eigenvalue weighted by Gasteiger charge is -2.10. The van der Waals surface area contributed by atoms with Crippen molar-refractivity contribution in [3.05, 3.63) is 12.2 Å². The zero-order valence-corrected chi connectivity index (χ0v) is 8.01. The normalized spacial score (nSPS) is 14.6. The van der Waals surface area contributed by atoms with Crippen LogP contribution in [0.5, 0.6) is 0 Å². The lowest BCUT2D eigenvalue weighted by atomic mass is 9.98. The topological polar surface area (TPSA) is 26.0 Å². The molecule has 0 aliphatic carbocycles. The Morgan fingerprint density at radius 1 is 1.27 bits per heavy atom. The Bertz CT molecular complexity index is 105. The van der Waals surface area contributed by atoms with Crippen LogP contribution in [0.15, 0.2) is 12.2 Å². The zero-order chi connectivity index (χ0) is 8.69. The third kappa shape index (κ3) is 6.11. The maximum atomic E-state index is 5.59. The van der Waals surface area contributed by atoms with Gasteiger partial charge in [0.15, 0.2) is 0 Å². The average Bonchev–Trinajstić information content (AvgIpc) is 1.97. The first-order valence-electron chi connectivity index (χ1n) is 4.53. The maximum Gasteiger partial charge on any atom is -0.00142 e. The molecule has 1 atom stereocenters. The molecule has 0 aliphatic heterocycles. The first-order chi connectivity index (χ1) is 5.20. The van der Waals surface area contributed by atoms with E-state index in [1.807, 2.05) is 0 Å². The van der Waals surface area contributed by atoms with Crippen LogP contribution in [0.1, 0.15) is 33.6 Å². The van der Waals surface area contributed by atoms with Gasteiger partial charge in [0.25, 0.3) is 0 Å². The molecule has 0 aromatic rings. The van der Waals surface area contributed by atoms with Gasteiger partial charge < -0.3 is 5.73 Å². The van der Waals surface area contributed by atoms with Gasteiger partial charge in [0.2, 0.25) is 0 Å². The van der Waals surface area contributed by atoms with Gasteiger partial charge in [0, 0.05) is 0 Å². The third-order valence-electron chi connectivity index (χ3n) is 1.88. The Labute approximate surface area is 70.7 Å². The molecule has 2 N–H and O–H groups in total.